The summed E-state index contributed by atoms with van der Waals surface area (Å²) >= 11 is 6.04. The molecule has 0 fully saturated rings. The summed E-state index contributed by atoms with van der Waals surface area (Å²) in [6.07, 6.45) is -0.126. The molecule has 2 aromatic heterocycles. The van der Waals surface area contributed by atoms with E-state index in [-0.39, 0.29) is 12.3 Å². The van der Waals surface area contributed by atoms with Gasteiger partial charge in [0.05, 0.1) is 21.1 Å². The van der Waals surface area contributed by atoms with Crippen molar-refractivity contribution in [3.63, 3.8) is 0 Å². The minimum absolute atomic E-state index is 0.126. The Labute approximate surface area is 126 Å². The summed E-state index contributed by atoms with van der Waals surface area (Å²) in [6.45, 7) is 0. The van der Waals surface area contributed by atoms with Crippen molar-refractivity contribution in [3.05, 3.63) is 43.2 Å². The van der Waals surface area contributed by atoms with Gasteiger partial charge in [0.2, 0.25) is 0 Å². The highest BCUT2D eigenvalue weighted by atomic mass is 79.9. The maximum Gasteiger partial charge on any atom is 0.305 e. The topological polar surface area (TPSA) is 66.4 Å². The first-order valence-corrected chi connectivity index (χ1v) is 7.86. The van der Waals surface area contributed by atoms with Crippen molar-refractivity contribution in [3.8, 4) is 0 Å². The fourth-order valence-electron chi connectivity index (χ4n) is 1.55. The normalized spacial score (nSPS) is 12.1. The number of carboxylic acids is 1. The average molecular weight is 360 g/mol. The molecule has 100 valence electrons. The summed E-state index contributed by atoms with van der Waals surface area (Å²) in [4.78, 5) is 24.3. The molecular formula is C12H10BrNO3S2. The van der Waals surface area contributed by atoms with Gasteiger partial charge in [-0.05, 0) is 39.5 Å². The smallest absolute Gasteiger partial charge is 0.305 e. The van der Waals surface area contributed by atoms with Crippen LogP contribution in [0.15, 0.2) is 33.4 Å². The zero-order chi connectivity index (χ0) is 13.8. The number of carbonyl (C=O) groups is 2. The number of nitrogens with one attached hydrogen (secondary N) is 1. The highest BCUT2D eigenvalue weighted by Crippen LogP contribution is 2.25. The van der Waals surface area contributed by atoms with Gasteiger partial charge in [0.25, 0.3) is 5.91 Å². The summed E-state index contributed by atoms with van der Waals surface area (Å²) in [5.41, 5.74) is 0. The zero-order valence-electron chi connectivity index (χ0n) is 9.63. The van der Waals surface area contributed by atoms with Crippen LogP contribution in [0.1, 0.15) is 27.0 Å². The van der Waals surface area contributed by atoms with Crippen LogP contribution in [0.25, 0.3) is 0 Å². The minimum atomic E-state index is -0.939. The third-order valence-corrected chi connectivity index (χ3v) is 4.98. The summed E-state index contributed by atoms with van der Waals surface area (Å²) < 4.78 is 0.864. The van der Waals surface area contributed by atoms with Crippen molar-refractivity contribution in [2.75, 3.05) is 0 Å². The Morgan fingerprint density at radius 3 is 2.68 bits per heavy atom. The summed E-state index contributed by atoms with van der Waals surface area (Å²) in [6, 6.07) is 6.66. The molecule has 2 N–H and O–H groups in total. The monoisotopic (exact) mass is 359 g/mol. The van der Waals surface area contributed by atoms with Crippen LogP contribution < -0.4 is 5.32 Å². The van der Waals surface area contributed by atoms with E-state index in [0.29, 0.717) is 4.88 Å². The number of thiophene rings is 2. The molecular weight excluding hydrogens is 350 g/mol. The van der Waals surface area contributed by atoms with Crippen LogP contribution in [0.2, 0.25) is 0 Å². The third-order valence-electron chi connectivity index (χ3n) is 2.37. The summed E-state index contributed by atoms with van der Waals surface area (Å²) in [5, 5.41) is 13.5. The lowest BCUT2D eigenvalue weighted by atomic mass is 10.1. The first-order valence-electron chi connectivity index (χ1n) is 5.37. The van der Waals surface area contributed by atoms with Crippen molar-refractivity contribution < 1.29 is 14.7 Å². The number of aliphatic carboxylic acids is 1. The van der Waals surface area contributed by atoms with Crippen molar-refractivity contribution >= 4 is 50.5 Å². The predicted molar refractivity (Wildman–Crippen MR) is 78.8 cm³/mol. The van der Waals surface area contributed by atoms with Crippen molar-refractivity contribution in [1.82, 2.24) is 5.32 Å². The molecule has 0 spiro atoms. The number of amides is 1. The molecule has 1 unspecified atom stereocenters. The minimum Gasteiger partial charge on any atom is -0.481 e. The maximum absolute atomic E-state index is 12.0. The van der Waals surface area contributed by atoms with Gasteiger partial charge in [-0.3, -0.25) is 9.59 Å². The molecule has 19 heavy (non-hydrogen) atoms. The molecule has 2 heterocycles. The summed E-state index contributed by atoms with van der Waals surface area (Å²) in [7, 11) is 0. The third kappa shape index (κ3) is 3.89. The first-order chi connectivity index (χ1) is 9.06. The highest BCUT2D eigenvalue weighted by Gasteiger charge is 2.20. The van der Waals surface area contributed by atoms with Gasteiger partial charge in [0, 0.05) is 4.88 Å². The Morgan fingerprint density at radius 2 is 2.16 bits per heavy atom. The first kappa shape index (κ1) is 14.2. The lowest BCUT2D eigenvalue weighted by molar-refractivity contribution is -0.137. The van der Waals surface area contributed by atoms with Gasteiger partial charge in [-0.1, -0.05) is 6.07 Å². The average Bonchev–Trinajstić information content (AvgIpc) is 2.97. The second kappa shape index (κ2) is 6.31. The Bertz CT molecular complexity index is 580. The van der Waals surface area contributed by atoms with E-state index >= 15 is 0 Å². The molecule has 0 aromatic carbocycles. The van der Waals surface area contributed by atoms with Crippen LogP contribution in [0.5, 0.6) is 0 Å². The molecule has 1 amide bonds. The Hall–Kier alpha value is -1.18. The molecule has 0 aliphatic rings. The lowest BCUT2D eigenvalue weighted by Crippen LogP contribution is -2.29. The van der Waals surface area contributed by atoms with Crippen LogP contribution in [0, 0.1) is 0 Å². The van der Waals surface area contributed by atoms with E-state index in [9.17, 15) is 9.59 Å². The van der Waals surface area contributed by atoms with E-state index < -0.39 is 12.0 Å². The van der Waals surface area contributed by atoms with Crippen LogP contribution >= 0.6 is 38.6 Å². The lowest BCUT2D eigenvalue weighted by Gasteiger charge is -2.14. The van der Waals surface area contributed by atoms with Gasteiger partial charge in [0.15, 0.2) is 0 Å². The van der Waals surface area contributed by atoms with Crippen molar-refractivity contribution in [1.29, 1.82) is 0 Å². The van der Waals surface area contributed by atoms with Gasteiger partial charge in [-0.15, -0.1) is 22.7 Å². The number of carboxylic acid groups (broad SMARTS) is 1. The fourth-order valence-corrected chi connectivity index (χ4v) is 3.62. The Kier molecular flexibility index (Phi) is 4.73. The predicted octanol–water partition coefficient (Wildman–Crippen LogP) is 3.52. The number of halogens is 1. The molecule has 1 atom stereocenters. The van der Waals surface area contributed by atoms with Crippen LogP contribution in [0.3, 0.4) is 0 Å². The molecule has 7 heteroatoms. The van der Waals surface area contributed by atoms with Gasteiger partial charge < -0.3 is 10.4 Å². The molecule has 0 aliphatic heterocycles. The van der Waals surface area contributed by atoms with Gasteiger partial charge in [-0.25, -0.2) is 0 Å². The molecule has 0 bridgehead atoms. The second-order valence-corrected chi connectivity index (χ2v) is 7.19. The fraction of sp³-hybridized carbons (Fsp3) is 0.167. The van der Waals surface area contributed by atoms with E-state index in [4.69, 9.17) is 5.11 Å². The largest absolute Gasteiger partial charge is 0.481 e. The second-order valence-electron chi connectivity index (χ2n) is 3.74. The molecule has 4 nitrogen and oxygen atoms in total. The standard InChI is InChI=1S/C12H10BrNO3S2/c13-10-4-3-9(19-10)12(17)14-7(6-11(15)16)8-2-1-5-18-8/h1-5,7H,6H2,(H,14,17)(H,15,16). The SMILES string of the molecule is O=C(O)CC(NC(=O)c1ccc(Br)s1)c1cccs1. The van der Waals surface area contributed by atoms with Crippen molar-refractivity contribution in [2.45, 2.75) is 12.5 Å². The molecule has 2 rings (SSSR count). The number of hydrogen-bond donors (Lipinski definition) is 2. The Morgan fingerprint density at radius 1 is 1.37 bits per heavy atom. The molecule has 2 aromatic rings. The van der Waals surface area contributed by atoms with Crippen LogP contribution in [0.4, 0.5) is 0 Å². The summed E-state index contributed by atoms with van der Waals surface area (Å²) in [5.74, 6) is -1.19. The maximum atomic E-state index is 12.0. The van der Waals surface area contributed by atoms with E-state index in [1.807, 2.05) is 17.5 Å². The highest BCUT2D eigenvalue weighted by molar-refractivity contribution is 9.11. The van der Waals surface area contributed by atoms with E-state index in [0.717, 1.165) is 8.66 Å². The molecule has 0 saturated carbocycles. The number of rotatable bonds is 5. The van der Waals surface area contributed by atoms with Gasteiger partial charge >= 0.3 is 5.97 Å². The van der Waals surface area contributed by atoms with Crippen molar-refractivity contribution in [2.24, 2.45) is 0 Å². The van der Waals surface area contributed by atoms with Gasteiger partial charge in [-0.2, -0.15) is 0 Å². The van der Waals surface area contributed by atoms with Crippen LogP contribution in [-0.2, 0) is 4.79 Å². The number of carbonyl (C=O) groups excluding carboxylic acids is 1. The van der Waals surface area contributed by atoms with Gasteiger partial charge in [0.1, 0.15) is 0 Å². The molecule has 0 radical (unpaired) electrons. The molecule has 0 saturated heterocycles. The van der Waals surface area contributed by atoms with E-state index in [2.05, 4.69) is 21.2 Å². The van der Waals surface area contributed by atoms with E-state index in [1.54, 1.807) is 12.1 Å². The number of hydrogen-bond acceptors (Lipinski definition) is 4. The molecule has 0 aliphatic carbocycles. The zero-order valence-corrected chi connectivity index (χ0v) is 12.8. The Balaban J connectivity index is 2.12. The quantitative estimate of drug-likeness (QED) is 0.858. The van der Waals surface area contributed by atoms with Crippen LogP contribution in [-0.4, -0.2) is 17.0 Å². The van der Waals surface area contributed by atoms with E-state index in [1.165, 1.54) is 22.7 Å².